The zero-order valence-electron chi connectivity index (χ0n) is 19.2. The van der Waals surface area contributed by atoms with E-state index in [1.807, 2.05) is 31.2 Å². The lowest BCUT2D eigenvalue weighted by atomic mass is 10.2. The molecule has 1 amide bonds. The van der Waals surface area contributed by atoms with Gasteiger partial charge < -0.3 is 15.0 Å². The number of hydrogen-bond donors (Lipinski definition) is 1. The summed E-state index contributed by atoms with van der Waals surface area (Å²) in [6.07, 6.45) is 0. The van der Waals surface area contributed by atoms with Crippen LogP contribution in [0.4, 0.5) is 15.8 Å². The standard InChI is InChI=1S/C25H25FN4O3S/c1-4-29(5-2)19-12-8-18(9-13-19)27-23(31)15-33-25(32)22-14-21-16(3)28-30(24(21)34-22)20-10-6-17(26)7-11-20/h6-14H,4-5,15H2,1-3H3,(H,27,31). The fourth-order valence-corrected chi connectivity index (χ4v) is 4.73. The zero-order chi connectivity index (χ0) is 24.2. The van der Waals surface area contributed by atoms with Crippen LogP contribution in [0.2, 0.25) is 0 Å². The molecule has 0 spiro atoms. The Labute approximate surface area is 200 Å². The van der Waals surface area contributed by atoms with Gasteiger partial charge >= 0.3 is 5.97 Å². The van der Waals surface area contributed by atoms with Crippen LogP contribution in [0.5, 0.6) is 0 Å². The maximum atomic E-state index is 13.3. The molecule has 0 fully saturated rings. The molecular formula is C25H25FN4O3S. The summed E-state index contributed by atoms with van der Waals surface area (Å²) in [6.45, 7) is 7.42. The van der Waals surface area contributed by atoms with Crippen LogP contribution in [-0.2, 0) is 9.53 Å². The highest BCUT2D eigenvalue weighted by atomic mass is 32.1. The van der Waals surface area contributed by atoms with Crippen molar-refractivity contribution < 1.29 is 18.7 Å². The van der Waals surface area contributed by atoms with Gasteiger partial charge in [-0.2, -0.15) is 5.10 Å². The molecule has 2 aromatic carbocycles. The van der Waals surface area contributed by atoms with Gasteiger partial charge in [0.05, 0.1) is 11.4 Å². The number of esters is 1. The third kappa shape index (κ3) is 4.94. The van der Waals surface area contributed by atoms with Crippen LogP contribution in [0.15, 0.2) is 54.6 Å². The second kappa shape index (κ2) is 10.0. The number of halogens is 1. The molecule has 4 rings (SSSR count). The third-order valence-electron chi connectivity index (χ3n) is 5.43. The molecular weight excluding hydrogens is 455 g/mol. The number of carbonyl (C=O) groups is 2. The molecule has 7 nitrogen and oxygen atoms in total. The molecule has 0 unspecified atom stereocenters. The number of rotatable bonds is 8. The van der Waals surface area contributed by atoms with Crippen molar-refractivity contribution in [2.45, 2.75) is 20.8 Å². The molecule has 0 saturated carbocycles. The Morgan fingerprint density at radius 3 is 2.41 bits per heavy atom. The number of carbonyl (C=O) groups excluding carboxylic acids is 2. The Balaban J connectivity index is 1.40. The second-order valence-corrected chi connectivity index (χ2v) is 8.68. The SMILES string of the molecule is CCN(CC)c1ccc(NC(=O)COC(=O)c2cc3c(C)nn(-c4ccc(F)cc4)c3s2)cc1. The maximum Gasteiger partial charge on any atom is 0.348 e. The fourth-order valence-electron chi connectivity index (χ4n) is 3.65. The van der Waals surface area contributed by atoms with Crippen molar-refractivity contribution in [2.24, 2.45) is 0 Å². The van der Waals surface area contributed by atoms with Gasteiger partial charge in [0.15, 0.2) is 6.61 Å². The van der Waals surface area contributed by atoms with Crippen molar-refractivity contribution in [3.8, 4) is 5.69 Å². The first-order chi connectivity index (χ1) is 16.4. The predicted molar refractivity (Wildman–Crippen MR) is 133 cm³/mol. The Hall–Kier alpha value is -3.72. The molecule has 0 bridgehead atoms. The van der Waals surface area contributed by atoms with Gasteiger partial charge in [0.25, 0.3) is 5.91 Å². The molecule has 0 aliphatic rings. The molecule has 34 heavy (non-hydrogen) atoms. The average molecular weight is 481 g/mol. The molecule has 0 saturated heterocycles. The smallest absolute Gasteiger partial charge is 0.348 e. The maximum absolute atomic E-state index is 13.3. The van der Waals surface area contributed by atoms with Gasteiger partial charge in [-0.05, 0) is 75.4 Å². The molecule has 176 valence electrons. The lowest BCUT2D eigenvalue weighted by Gasteiger charge is -2.21. The Morgan fingerprint density at radius 2 is 1.76 bits per heavy atom. The number of fused-ring (bicyclic) bond motifs is 1. The predicted octanol–water partition coefficient (Wildman–Crippen LogP) is 5.18. The van der Waals surface area contributed by atoms with Crippen LogP contribution >= 0.6 is 11.3 Å². The summed E-state index contributed by atoms with van der Waals surface area (Å²) in [5.41, 5.74) is 3.13. The molecule has 0 radical (unpaired) electrons. The van der Waals surface area contributed by atoms with E-state index in [0.717, 1.165) is 34.7 Å². The minimum atomic E-state index is -0.585. The van der Waals surface area contributed by atoms with Crippen LogP contribution in [0.1, 0.15) is 29.2 Å². The van der Waals surface area contributed by atoms with Crippen molar-refractivity contribution >= 4 is 44.8 Å². The van der Waals surface area contributed by atoms with Crippen LogP contribution in [-0.4, -0.2) is 41.4 Å². The summed E-state index contributed by atoms with van der Waals surface area (Å²) < 4.78 is 20.2. The molecule has 0 aliphatic heterocycles. The minimum Gasteiger partial charge on any atom is -0.451 e. The van der Waals surface area contributed by atoms with Crippen LogP contribution in [0.25, 0.3) is 15.9 Å². The summed E-state index contributed by atoms with van der Waals surface area (Å²) in [5, 5.41) is 8.03. The average Bonchev–Trinajstić information content (AvgIpc) is 3.41. The number of anilines is 2. The number of aryl methyl sites for hydroxylation is 1. The summed E-state index contributed by atoms with van der Waals surface area (Å²) in [4.78, 5) is 28.2. The van der Waals surface area contributed by atoms with E-state index in [2.05, 4.69) is 29.2 Å². The summed E-state index contributed by atoms with van der Waals surface area (Å²) in [5.74, 6) is -1.34. The summed E-state index contributed by atoms with van der Waals surface area (Å²) in [7, 11) is 0. The van der Waals surface area contributed by atoms with Gasteiger partial charge in [-0.3, -0.25) is 4.79 Å². The molecule has 0 aliphatic carbocycles. The van der Waals surface area contributed by atoms with Crippen LogP contribution in [0, 0.1) is 12.7 Å². The van der Waals surface area contributed by atoms with Crippen molar-refractivity contribution in [2.75, 3.05) is 29.9 Å². The number of aromatic nitrogens is 2. The van der Waals surface area contributed by atoms with Gasteiger partial charge in [-0.1, -0.05) is 0 Å². The number of hydrogen-bond acceptors (Lipinski definition) is 6. The number of ether oxygens (including phenoxy) is 1. The molecule has 1 N–H and O–H groups in total. The van der Waals surface area contributed by atoms with Crippen molar-refractivity contribution in [1.82, 2.24) is 9.78 Å². The number of thiophene rings is 1. The normalized spacial score (nSPS) is 10.9. The van der Waals surface area contributed by atoms with E-state index in [9.17, 15) is 14.0 Å². The van der Waals surface area contributed by atoms with Crippen molar-refractivity contribution in [1.29, 1.82) is 0 Å². The highest BCUT2D eigenvalue weighted by Gasteiger charge is 2.19. The summed E-state index contributed by atoms with van der Waals surface area (Å²) >= 11 is 1.21. The second-order valence-electron chi connectivity index (χ2n) is 7.65. The summed E-state index contributed by atoms with van der Waals surface area (Å²) in [6, 6.07) is 15.2. The topological polar surface area (TPSA) is 76.5 Å². The Morgan fingerprint density at radius 1 is 1.09 bits per heavy atom. The fraction of sp³-hybridized carbons (Fsp3) is 0.240. The van der Waals surface area contributed by atoms with E-state index >= 15 is 0 Å². The van der Waals surface area contributed by atoms with E-state index < -0.39 is 18.5 Å². The Bertz CT molecular complexity index is 1310. The van der Waals surface area contributed by atoms with E-state index in [1.54, 1.807) is 22.9 Å². The monoisotopic (exact) mass is 480 g/mol. The lowest BCUT2D eigenvalue weighted by Crippen LogP contribution is -2.22. The highest BCUT2D eigenvalue weighted by Crippen LogP contribution is 2.31. The van der Waals surface area contributed by atoms with Gasteiger partial charge in [0.1, 0.15) is 15.5 Å². The van der Waals surface area contributed by atoms with Crippen LogP contribution < -0.4 is 10.2 Å². The lowest BCUT2D eigenvalue weighted by molar-refractivity contribution is -0.119. The van der Waals surface area contributed by atoms with Gasteiger partial charge in [-0.25, -0.2) is 13.9 Å². The number of amides is 1. The first kappa shape index (κ1) is 23.4. The van der Waals surface area contributed by atoms with E-state index in [-0.39, 0.29) is 5.82 Å². The van der Waals surface area contributed by atoms with Crippen molar-refractivity contribution in [3.05, 3.63) is 71.0 Å². The quantitative estimate of drug-likeness (QED) is 0.352. The molecule has 0 atom stereocenters. The van der Waals surface area contributed by atoms with Gasteiger partial charge in [-0.15, -0.1) is 11.3 Å². The molecule has 9 heteroatoms. The first-order valence-corrected chi connectivity index (χ1v) is 11.8. The zero-order valence-corrected chi connectivity index (χ0v) is 20.0. The largest absolute Gasteiger partial charge is 0.451 e. The van der Waals surface area contributed by atoms with Crippen LogP contribution in [0.3, 0.4) is 0 Å². The highest BCUT2D eigenvalue weighted by molar-refractivity contribution is 7.20. The minimum absolute atomic E-state index is 0.336. The van der Waals surface area contributed by atoms with Gasteiger partial charge in [0, 0.05) is 29.9 Å². The van der Waals surface area contributed by atoms with E-state index in [1.165, 1.54) is 23.5 Å². The number of nitrogens with one attached hydrogen (secondary N) is 1. The number of benzene rings is 2. The van der Waals surface area contributed by atoms with Crippen molar-refractivity contribution in [3.63, 3.8) is 0 Å². The third-order valence-corrected chi connectivity index (χ3v) is 6.52. The first-order valence-electron chi connectivity index (χ1n) is 11.0. The Kier molecular flexibility index (Phi) is 6.93. The van der Waals surface area contributed by atoms with E-state index in [0.29, 0.717) is 16.3 Å². The molecule has 2 heterocycles. The number of nitrogens with zero attached hydrogens (tertiary/aromatic N) is 3. The van der Waals surface area contributed by atoms with Gasteiger partial charge in [0.2, 0.25) is 0 Å². The molecule has 4 aromatic rings. The molecule has 2 aromatic heterocycles. The van der Waals surface area contributed by atoms with E-state index in [4.69, 9.17) is 4.74 Å².